The predicted molar refractivity (Wildman–Crippen MR) is 84.5 cm³/mol. The minimum atomic E-state index is -0.0621. The molecule has 0 aliphatic carbocycles. The van der Waals surface area contributed by atoms with Crippen LogP contribution >= 0.6 is 27.5 Å². The molecule has 106 valence electrons. The molecule has 2 rings (SSSR count). The average molecular weight is 357 g/mol. The van der Waals surface area contributed by atoms with Gasteiger partial charge in [-0.2, -0.15) is 0 Å². The maximum absolute atomic E-state index is 11.8. The van der Waals surface area contributed by atoms with E-state index in [-0.39, 0.29) is 11.7 Å². The third-order valence-electron chi connectivity index (χ3n) is 3.20. The summed E-state index contributed by atoms with van der Waals surface area (Å²) in [5.74, 6) is 0.687. The van der Waals surface area contributed by atoms with Gasteiger partial charge in [-0.3, -0.25) is 4.79 Å². The number of carbonyl (C=O) groups is 1. The van der Waals surface area contributed by atoms with Crippen LogP contribution in [0.15, 0.2) is 28.7 Å². The zero-order chi connectivity index (χ0) is 14.9. The highest BCUT2D eigenvalue weighted by Gasteiger charge is 2.16. The third-order valence-corrected chi connectivity index (χ3v) is 3.90. The summed E-state index contributed by atoms with van der Waals surface area (Å²) in [5.41, 5.74) is 3.47. The van der Waals surface area contributed by atoms with E-state index in [4.69, 9.17) is 16.3 Å². The molecule has 5 heteroatoms. The molecule has 0 radical (unpaired) electrons. The highest BCUT2D eigenvalue weighted by atomic mass is 79.9. The fourth-order valence-electron chi connectivity index (χ4n) is 2.31. The van der Waals surface area contributed by atoms with E-state index >= 15 is 0 Å². The lowest BCUT2D eigenvalue weighted by Crippen LogP contribution is -2.04. The quantitative estimate of drug-likeness (QED) is 0.604. The average Bonchev–Trinajstić information content (AvgIpc) is 2.72. The molecule has 0 saturated carbocycles. The van der Waals surface area contributed by atoms with E-state index in [2.05, 4.69) is 15.9 Å². The molecule has 0 spiro atoms. The lowest BCUT2D eigenvalue weighted by molar-refractivity contribution is 0.102. The molecule has 0 aliphatic rings. The van der Waals surface area contributed by atoms with Gasteiger partial charge in [0.1, 0.15) is 5.75 Å². The highest BCUT2D eigenvalue weighted by Crippen LogP contribution is 2.27. The molecule has 0 aliphatic heterocycles. The van der Waals surface area contributed by atoms with Gasteiger partial charge in [-0.05, 0) is 32.0 Å². The second-order valence-corrected chi connectivity index (χ2v) is 5.71. The number of nitrogens with zero attached hydrogens (tertiary/aromatic N) is 1. The molecule has 0 fully saturated rings. The number of halogens is 2. The van der Waals surface area contributed by atoms with Crippen LogP contribution in [0.5, 0.6) is 5.75 Å². The minimum Gasteiger partial charge on any atom is -0.497 e. The number of rotatable bonds is 4. The Labute approximate surface area is 131 Å². The third kappa shape index (κ3) is 2.76. The summed E-state index contributed by atoms with van der Waals surface area (Å²) in [7, 11) is 1.63. The Morgan fingerprint density at radius 3 is 2.60 bits per heavy atom. The normalized spacial score (nSPS) is 10.7. The number of aryl methyl sites for hydroxylation is 1. The number of carbonyl (C=O) groups excluding carboxylic acids is 1. The number of benzene rings is 1. The van der Waals surface area contributed by atoms with Crippen molar-refractivity contribution in [1.82, 2.24) is 4.57 Å². The molecule has 0 saturated heterocycles. The number of ketones is 1. The lowest BCUT2D eigenvalue weighted by atomic mass is 10.2. The first-order valence-electron chi connectivity index (χ1n) is 6.11. The summed E-state index contributed by atoms with van der Waals surface area (Å²) >= 11 is 9.12. The van der Waals surface area contributed by atoms with E-state index in [1.807, 2.05) is 42.7 Å². The number of alkyl halides is 1. The molecular weight excluding hydrogens is 342 g/mol. The first-order chi connectivity index (χ1) is 9.47. The van der Waals surface area contributed by atoms with Gasteiger partial charge in [-0.15, -0.1) is 11.6 Å². The SMILES string of the molecule is COc1cc(Br)cc(-n2c(C)cc(C(=O)CCl)c2C)c1. The van der Waals surface area contributed by atoms with Crippen LogP contribution in [0.25, 0.3) is 5.69 Å². The van der Waals surface area contributed by atoms with Gasteiger partial charge in [0.05, 0.1) is 18.7 Å². The zero-order valence-corrected chi connectivity index (χ0v) is 13.9. The van der Waals surface area contributed by atoms with Crippen LogP contribution < -0.4 is 4.74 Å². The van der Waals surface area contributed by atoms with Gasteiger partial charge in [-0.1, -0.05) is 15.9 Å². The summed E-state index contributed by atoms with van der Waals surface area (Å²) in [6.07, 6.45) is 0. The van der Waals surface area contributed by atoms with Crippen molar-refractivity contribution in [3.8, 4) is 11.4 Å². The zero-order valence-electron chi connectivity index (χ0n) is 11.5. The van der Waals surface area contributed by atoms with Crippen LogP contribution in [0.4, 0.5) is 0 Å². The molecule has 0 bridgehead atoms. The van der Waals surface area contributed by atoms with Crippen molar-refractivity contribution in [2.24, 2.45) is 0 Å². The fraction of sp³-hybridized carbons (Fsp3) is 0.267. The van der Waals surface area contributed by atoms with Crippen LogP contribution in [0.3, 0.4) is 0 Å². The monoisotopic (exact) mass is 355 g/mol. The molecular formula is C15H15BrClNO2. The van der Waals surface area contributed by atoms with Gasteiger partial charge in [0, 0.05) is 27.5 Å². The van der Waals surface area contributed by atoms with Crippen molar-refractivity contribution in [2.75, 3.05) is 13.0 Å². The predicted octanol–water partition coefficient (Wildman–Crippen LogP) is 4.29. The number of aromatic nitrogens is 1. The summed E-state index contributed by atoms with van der Waals surface area (Å²) in [4.78, 5) is 11.8. The Bertz CT molecular complexity index is 664. The molecule has 2 aromatic rings. The Balaban J connectivity index is 2.61. The number of hydrogen-bond acceptors (Lipinski definition) is 2. The summed E-state index contributed by atoms with van der Waals surface area (Å²) < 4.78 is 8.22. The Morgan fingerprint density at radius 1 is 1.30 bits per heavy atom. The maximum atomic E-state index is 11.8. The van der Waals surface area contributed by atoms with Gasteiger partial charge in [0.2, 0.25) is 0 Å². The van der Waals surface area contributed by atoms with Gasteiger partial charge in [0.25, 0.3) is 0 Å². The Kier molecular flexibility index (Phi) is 4.55. The minimum absolute atomic E-state index is 0.00784. The van der Waals surface area contributed by atoms with Gasteiger partial charge >= 0.3 is 0 Å². The molecule has 0 unspecified atom stereocenters. The molecule has 0 atom stereocenters. The molecule has 1 aromatic carbocycles. The topological polar surface area (TPSA) is 31.2 Å². The first-order valence-corrected chi connectivity index (χ1v) is 7.43. The number of hydrogen-bond donors (Lipinski definition) is 0. The summed E-state index contributed by atoms with van der Waals surface area (Å²) in [5, 5.41) is 0. The van der Waals surface area contributed by atoms with Crippen LogP contribution in [-0.2, 0) is 0 Å². The van der Waals surface area contributed by atoms with Gasteiger partial charge < -0.3 is 9.30 Å². The first kappa shape index (κ1) is 15.1. The standard InChI is InChI=1S/C15H15BrClNO2/c1-9-4-14(15(19)8-17)10(2)18(9)12-5-11(16)6-13(7-12)20-3/h4-7H,8H2,1-3H3. The molecule has 0 N–H and O–H groups in total. The van der Waals surface area contributed by atoms with Gasteiger partial charge in [0.15, 0.2) is 5.78 Å². The van der Waals surface area contributed by atoms with E-state index in [9.17, 15) is 4.79 Å². The van der Waals surface area contributed by atoms with Crippen molar-refractivity contribution < 1.29 is 9.53 Å². The van der Waals surface area contributed by atoms with E-state index in [0.29, 0.717) is 5.56 Å². The molecule has 20 heavy (non-hydrogen) atoms. The van der Waals surface area contributed by atoms with Crippen LogP contribution in [0, 0.1) is 13.8 Å². The van der Waals surface area contributed by atoms with Crippen LogP contribution in [0.1, 0.15) is 21.7 Å². The van der Waals surface area contributed by atoms with E-state index in [1.54, 1.807) is 7.11 Å². The van der Waals surface area contributed by atoms with E-state index in [0.717, 1.165) is 27.3 Å². The van der Waals surface area contributed by atoms with Gasteiger partial charge in [-0.25, -0.2) is 0 Å². The molecule has 1 aromatic heterocycles. The second-order valence-electron chi connectivity index (χ2n) is 4.53. The van der Waals surface area contributed by atoms with Crippen molar-refractivity contribution in [3.63, 3.8) is 0 Å². The smallest absolute Gasteiger partial charge is 0.179 e. The van der Waals surface area contributed by atoms with Crippen LogP contribution in [-0.4, -0.2) is 23.3 Å². The maximum Gasteiger partial charge on any atom is 0.179 e. The largest absolute Gasteiger partial charge is 0.497 e. The van der Waals surface area contributed by atoms with E-state index in [1.165, 1.54) is 0 Å². The lowest BCUT2D eigenvalue weighted by Gasteiger charge is -2.12. The number of methoxy groups -OCH3 is 1. The Hall–Kier alpha value is -1.26. The molecule has 3 nitrogen and oxygen atoms in total. The Morgan fingerprint density at radius 2 is 2.00 bits per heavy atom. The van der Waals surface area contributed by atoms with Crippen molar-refractivity contribution in [3.05, 3.63) is 45.7 Å². The second kappa shape index (κ2) is 6.02. The van der Waals surface area contributed by atoms with Crippen LogP contribution in [0.2, 0.25) is 0 Å². The molecule has 0 amide bonds. The molecule has 1 heterocycles. The van der Waals surface area contributed by atoms with Crippen molar-refractivity contribution >= 4 is 33.3 Å². The highest BCUT2D eigenvalue weighted by molar-refractivity contribution is 9.10. The van der Waals surface area contributed by atoms with Crippen molar-refractivity contribution in [2.45, 2.75) is 13.8 Å². The van der Waals surface area contributed by atoms with E-state index < -0.39 is 0 Å². The number of Topliss-reactive ketones (excluding diaryl/α,β-unsaturated/α-hetero) is 1. The summed E-state index contributed by atoms with van der Waals surface area (Å²) in [6, 6.07) is 7.67. The number of ether oxygens (including phenoxy) is 1. The summed E-state index contributed by atoms with van der Waals surface area (Å²) in [6.45, 7) is 3.88. The fourth-order valence-corrected chi connectivity index (χ4v) is 2.91. The van der Waals surface area contributed by atoms with Crippen molar-refractivity contribution in [1.29, 1.82) is 0 Å².